The summed E-state index contributed by atoms with van der Waals surface area (Å²) < 4.78 is 21.7. The van der Waals surface area contributed by atoms with Crippen molar-refractivity contribution in [3.63, 3.8) is 0 Å². The Morgan fingerprint density at radius 1 is 1.39 bits per heavy atom. The number of carbonyl (C=O) groups is 1. The van der Waals surface area contributed by atoms with Crippen molar-refractivity contribution in [3.05, 3.63) is 16.7 Å². The molecule has 0 bridgehead atoms. The van der Waals surface area contributed by atoms with Crippen LogP contribution in [0, 0.1) is 0 Å². The Balaban J connectivity index is 1.90. The molecule has 5 atom stereocenters. The molecular weight excluding hydrogens is 445 g/mol. The van der Waals surface area contributed by atoms with Gasteiger partial charge in [0, 0.05) is 13.0 Å². The maximum atomic E-state index is 12.3. The molecule has 3 heterocycles. The van der Waals surface area contributed by atoms with Crippen LogP contribution in [0.25, 0.3) is 11.2 Å². The first-order valence-electron chi connectivity index (χ1n) is 8.80. The van der Waals surface area contributed by atoms with E-state index in [1.165, 1.54) is 0 Å². The fraction of sp³-hybridized carbons (Fsp3) is 0.571. The Hall–Kier alpha value is -2.43. The number of nitrogens with one attached hydrogen (secondary N) is 2. The lowest BCUT2D eigenvalue weighted by molar-refractivity contribution is -0.138. The van der Waals surface area contributed by atoms with Crippen molar-refractivity contribution in [2.75, 3.05) is 18.5 Å². The SMILES string of the molecule is O=C(O)C(CCO)Nc1nc2c(ncn2[C@@H]2O[C@H](COP(=O)(O)O)[C@@H](O)[C@H]2O)c(=O)[nH]1. The normalized spacial score (nSPS) is 25.1. The number of aliphatic hydroxyl groups is 3. The van der Waals surface area contributed by atoms with Crippen molar-refractivity contribution in [3.8, 4) is 0 Å². The number of rotatable bonds is 9. The number of hydrogen-bond donors (Lipinski definition) is 8. The second kappa shape index (κ2) is 8.97. The van der Waals surface area contributed by atoms with Gasteiger partial charge in [-0.3, -0.25) is 18.9 Å². The molecule has 1 aliphatic heterocycles. The van der Waals surface area contributed by atoms with Crippen LogP contribution in [0.5, 0.6) is 0 Å². The first kappa shape index (κ1) is 23.2. The number of phosphoric ester groups is 1. The largest absolute Gasteiger partial charge is 0.480 e. The van der Waals surface area contributed by atoms with Crippen LogP contribution in [0.15, 0.2) is 11.1 Å². The van der Waals surface area contributed by atoms with Gasteiger partial charge < -0.3 is 40.3 Å². The molecule has 17 heteroatoms. The number of ether oxygens (including phenoxy) is 1. The van der Waals surface area contributed by atoms with Gasteiger partial charge in [0.05, 0.1) is 12.9 Å². The molecule has 1 aliphatic rings. The van der Waals surface area contributed by atoms with Gasteiger partial charge in [-0.15, -0.1) is 0 Å². The van der Waals surface area contributed by atoms with Crippen LogP contribution in [-0.4, -0.2) is 93.3 Å². The van der Waals surface area contributed by atoms with Crippen LogP contribution < -0.4 is 10.9 Å². The van der Waals surface area contributed by atoms with Gasteiger partial charge in [-0.1, -0.05) is 0 Å². The van der Waals surface area contributed by atoms with Crippen molar-refractivity contribution >= 4 is 30.9 Å². The number of aromatic nitrogens is 4. The summed E-state index contributed by atoms with van der Waals surface area (Å²) in [5.41, 5.74) is -1.05. The van der Waals surface area contributed by atoms with Gasteiger partial charge in [-0.2, -0.15) is 4.98 Å². The highest BCUT2D eigenvalue weighted by molar-refractivity contribution is 7.46. The Kier molecular flexibility index (Phi) is 6.73. The highest BCUT2D eigenvalue weighted by Crippen LogP contribution is 2.38. The number of fused-ring (bicyclic) bond motifs is 1. The molecule has 0 amide bonds. The topological polar surface area (TPSA) is 250 Å². The number of carboxylic acids is 1. The Morgan fingerprint density at radius 2 is 2.10 bits per heavy atom. The summed E-state index contributed by atoms with van der Waals surface area (Å²) in [6.07, 6.45) is -4.93. The average Bonchev–Trinajstić information content (AvgIpc) is 3.21. The van der Waals surface area contributed by atoms with Crippen LogP contribution in [0.3, 0.4) is 0 Å². The zero-order valence-electron chi connectivity index (χ0n) is 15.6. The van der Waals surface area contributed by atoms with E-state index >= 15 is 0 Å². The average molecular weight is 465 g/mol. The molecule has 1 saturated heterocycles. The van der Waals surface area contributed by atoms with E-state index in [2.05, 4.69) is 24.8 Å². The summed E-state index contributed by atoms with van der Waals surface area (Å²) in [4.78, 5) is 51.4. The smallest absolute Gasteiger partial charge is 0.469 e. The number of phosphoric acid groups is 1. The van der Waals surface area contributed by atoms with Crippen molar-refractivity contribution in [2.24, 2.45) is 0 Å². The molecule has 31 heavy (non-hydrogen) atoms. The van der Waals surface area contributed by atoms with E-state index in [1.807, 2.05) is 0 Å². The van der Waals surface area contributed by atoms with Gasteiger partial charge in [0.15, 0.2) is 17.4 Å². The number of H-pyrrole nitrogens is 1. The van der Waals surface area contributed by atoms with E-state index in [9.17, 15) is 29.5 Å². The lowest BCUT2D eigenvalue weighted by Crippen LogP contribution is -2.33. The third-order valence-electron chi connectivity index (χ3n) is 4.48. The predicted octanol–water partition coefficient (Wildman–Crippen LogP) is -2.90. The zero-order valence-corrected chi connectivity index (χ0v) is 16.5. The van der Waals surface area contributed by atoms with Crippen LogP contribution in [0.2, 0.25) is 0 Å². The van der Waals surface area contributed by atoms with Gasteiger partial charge in [0.1, 0.15) is 24.4 Å². The Bertz CT molecular complexity index is 1050. The fourth-order valence-electron chi connectivity index (χ4n) is 3.00. The number of aliphatic carboxylic acids is 1. The predicted molar refractivity (Wildman–Crippen MR) is 98.8 cm³/mol. The summed E-state index contributed by atoms with van der Waals surface area (Å²) in [5, 5.41) is 41.0. The maximum absolute atomic E-state index is 12.3. The number of nitrogens with zero attached hydrogens (tertiary/aromatic N) is 3. The summed E-state index contributed by atoms with van der Waals surface area (Å²) in [5.74, 6) is -1.55. The number of imidazole rings is 1. The Labute approximate surface area is 172 Å². The molecule has 172 valence electrons. The minimum atomic E-state index is -4.85. The zero-order chi connectivity index (χ0) is 22.9. The number of anilines is 1. The number of aliphatic hydroxyl groups excluding tert-OH is 3. The van der Waals surface area contributed by atoms with Crippen molar-refractivity contribution in [2.45, 2.75) is 37.0 Å². The molecule has 0 spiro atoms. The van der Waals surface area contributed by atoms with Crippen molar-refractivity contribution in [1.82, 2.24) is 19.5 Å². The summed E-state index contributed by atoms with van der Waals surface area (Å²) in [6, 6.07) is -1.26. The van der Waals surface area contributed by atoms with E-state index < -0.39 is 63.1 Å². The molecule has 16 nitrogen and oxygen atoms in total. The molecule has 0 aliphatic carbocycles. The number of aromatic amines is 1. The van der Waals surface area contributed by atoms with Gasteiger partial charge in [0.25, 0.3) is 5.56 Å². The molecular formula is C14H20N5O11P. The van der Waals surface area contributed by atoms with E-state index in [-0.39, 0.29) is 23.5 Å². The fourth-order valence-corrected chi connectivity index (χ4v) is 3.34. The third kappa shape index (κ3) is 5.08. The van der Waals surface area contributed by atoms with Gasteiger partial charge in [-0.05, 0) is 0 Å². The van der Waals surface area contributed by atoms with Crippen LogP contribution in [-0.2, 0) is 18.6 Å². The van der Waals surface area contributed by atoms with Crippen LogP contribution in [0.1, 0.15) is 12.6 Å². The molecule has 1 unspecified atom stereocenters. The highest BCUT2D eigenvalue weighted by Gasteiger charge is 2.45. The summed E-state index contributed by atoms with van der Waals surface area (Å²) in [6.45, 7) is -1.17. The molecule has 1 fully saturated rings. The van der Waals surface area contributed by atoms with E-state index in [1.54, 1.807) is 0 Å². The van der Waals surface area contributed by atoms with E-state index in [0.29, 0.717) is 0 Å². The first-order chi connectivity index (χ1) is 14.5. The van der Waals surface area contributed by atoms with Gasteiger partial charge in [-0.25, -0.2) is 14.3 Å². The first-order valence-corrected chi connectivity index (χ1v) is 10.3. The molecule has 0 aromatic carbocycles. The van der Waals surface area contributed by atoms with Crippen LogP contribution >= 0.6 is 7.82 Å². The van der Waals surface area contributed by atoms with E-state index in [4.69, 9.17) is 19.6 Å². The minimum Gasteiger partial charge on any atom is -0.480 e. The minimum absolute atomic E-state index is 0.132. The highest BCUT2D eigenvalue weighted by atomic mass is 31.2. The van der Waals surface area contributed by atoms with E-state index in [0.717, 1.165) is 10.9 Å². The molecule has 2 aromatic rings. The number of carboxylic acid groups (broad SMARTS) is 1. The van der Waals surface area contributed by atoms with Gasteiger partial charge in [0.2, 0.25) is 5.95 Å². The molecule has 0 saturated carbocycles. The molecule has 2 aromatic heterocycles. The van der Waals surface area contributed by atoms with Crippen LogP contribution in [0.4, 0.5) is 5.95 Å². The second-order valence-corrected chi connectivity index (χ2v) is 7.86. The lowest BCUT2D eigenvalue weighted by Gasteiger charge is -2.17. The molecule has 3 rings (SSSR count). The second-order valence-electron chi connectivity index (χ2n) is 6.62. The maximum Gasteiger partial charge on any atom is 0.469 e. The standard InChI is InChI=1S/C14H20N5O11P/c20-2-1-5(13(24)25)16-14-17-10-7(11(23)18-14)15-4-19(10)12-9(22)8(21)6(30-12)3-29-31(26,27)28/h4-6,8-9,12,20-22H,1-3H2,(H,24,25)(H2,26,27,28)(H2,16,17,18,23)/t5?,6-,8-,9-,12-/m1/s1. The van der Waals surface area contributed by atoms with Crippen molar-refractivity contribution < 1.29 is 48.8 Å². The Morgan fingerprint density at radius 3 is 2.71 bits per heavy atom. The monoisotopic (exact) mass is 465 g/mol. The molecule has 8 N–H and O–H groups in total. The van der Waals surface area contributed by atoms with Crippen molar-refractivity contribution in [1.29, 1.82) is 0 Å². The molecule has 0 radical (unpaired) electrons. The van der Waals surface area contributed by atoms with Gasteiger partial charge >= 0.3 is 13.8 Å². The summed E-state index contributed by atoms with van der Waals surface area (Å²) >= 11 is 0. The quantitative estimate of drug-likeness (QED) is 0.173. The summed E-state index contributed by atoms with van der Waals surface area (Å²) in [7, 11) is -4.85. The number of hydrogen-bond acceptors (Lipinski definition) is 11. The third-order valence-corrected chi connectivity index (χ3v) is 4.96. The lowest BCUT2D eigenvalue weighted by atomic mass is 10.1.